The molecule has 0 heterocycles. The van der Waals surface area contributed by atoms with Gasteiger partial charge in [0.05, 0.1) is 0 Å². The summed E-state index contributed by atoms with van der Waals surface area (Å²) in [5.74, 6) is -3.14. The average molecular weight is 252 g/mol. The Hall–Kier alpha value is -1.96. The van der Waals surface area contributed by atoms with Crippen LogP contribution < -0.4 is 4.74 Å². The number of carbonyl (C=O) groups is 1. The van der Waals surface area contributed by atoms with Crippen LogP contribution in [0.1, 0.15) is 11.7 Å². The van der Waals surface area contributed by atoms with Gasteiger partial charge in [-0.2, -0.15) is 0 Å². The number of phenols is 1. The summed E-state index contributed by atoms with van der Waals surface area (Å²) in [5, 5.41) is 26.6. The lowest BCUT2D eigenvalue weighted by Gasteiger charge is -2.15. The molecule has 5 nitrogen and oxygen atoms in total. The fraction of sp³-hybridized carbons (Fsp3) is 0.222. The Bertz CT molecular complexity index is 429. The summed E-state index contributed by atoms with van der Waals surface area (Å²) in [4.78, 5) is 10.5. The second kappa shape index (κ2) is 4.50. The molecule has 0 aliphatic rings. The van der Waals surface area contributed by atoms with Crippen molar-refractivity contribution in [3.8, 4) is 11.5 Å². The molecule has 0 fully saturated rings. The van der Waals surface area contributed by atoms with E-state index in [2.05, 4.69) is 4.74 Å². The van der Waals surface area contributed by atoms with Crippen molar-refractivity contribution in [2.75, 3.05) is 0 Å². The Kier molecular flexibility index (Phi) is 3.47. The second-order valence-corrected chi connectivity index (χ2v) is 3.01. The quantitative estimate of drug-likeness (QED) is 0.757. The molecular weight excluding hydrogens is 245 g/mol. The number of aliphatic hydroxyl groups is 1. The molecule has 17 heavy (non-hydrogen) atoms. The maximum absolute atomic E-state index is 12.0. The average Bonchev–Trinajstić information content (AvgIpc) is 2.17. The zero-order valence-corrected chi connectivity index (χ0v) is 8.10. The van der Waals surface area contributed by atoms with Gasteiger partial charge in [0, 0.05) is 5.56 Å². The zero-order chi connectivity index (χ0) is 13.2. The van der Waals surface area contributed by atoms with Gasteiger partial charge in [-0.3, -0.25) is 0 Å². The molecule has 0 saturated carbocycles. The zero-order valence-electron chi connectivity index (χ0n) is 8.10. The van der Waals surface area contributed by atoms with Crippen molar-refractivity contribution in [1.82, 2.24) is 0 Å². The van der Waals surface area contributed by atoms with E-state index in [1.54, 1.807) is 0 Å². The number of hydrogen-bond acceptors (Lipinski definition) is 4. The number of alkyl halides is 3. The Labute approximate surface area is 92.7 Å². The largest absolute Gasteiger partial charge is 0.573 e. The van der Waals surface area contributed by atoms with Gasteiger partial charge in [-0.25, -0.2) is 4.79 Å². The highest BCUT2D eigenvalue weighted by atomic mass is 19.4. The number of phenolic OH excluding ortho intramolecular Hbond substituents is 1. The minimum atomic E-state index is -5.02. The van der Waals surface area contributed by atoms with Gasteiger partial charge in [0.2, 0.25) is 0 Å². The monoisotopic (exact) mass is 252 g/mol. The first-order chi connectivity index (χ1) is 7.70. The van der Waals surface area contributed by atoms with Gasteiger partial charge in [0.25, 0.3) is 0 Å². The van der Waals surface area contributed by atoms with Gasteiger partial charge in [-0.05, 0) is 18.2 Å². The molecule has 1 aromatic rings. The molecule has 0 aliphatic carbocycles. The molecule has 0 aromatic heterocycles. The van der Waals surface area contributed by atoms with E-state index in [1.807, 2.05) is 0 Å². The highest BCUT2D eigenvalue weighted by Crippen LogP contribution is 2.33. The summed E-state index contributed by atoms with van der Waals surface area (Å²) in [7, 11) is 0. The van der Waals surface area contributed by atoms with E-state index in [4.69, 9.17) is 15.3 Å². The van der Waals surface area contributed by atoms with E-state index in [0.29, 0.717) is 12.1 Å². The maximum Gasteiger partial charge on any atom is 0.573 e. The lowest BCUT2D eigenvalue weighted by molar-refractivity contribution is -0.275. The maximum atomic E-state index is 12.0. The normalized spacial score (nSPS) is 13.2. The van der Waals surface area contributed by atoms with E-state index >= 15 is 0 Å². The topological polar surface area (TPSA) is 87.0 Å². The number of aromatic hydroxyl groups is 1. The summed E-state index contributed by atoms with van der Waals surface area (Å²) >= 11 is 0. The molecule has 0 bridgehead atoms. The lowest BCUT2D eigenvalue weighted by Crippen LogP contribution is -2.20. The molecule has 8 heteroatoms. The second-order valence-electron chi connectivity index (χ2n) is 3.01. The summed E-state index contributed by atoms with van der Waals surface area (Å²) in [6.07, 6.45) is -7.25. The lowest BCUT2D eigenvalue weighted by atomic mass is 10.1. The van der Waals surface area contributed by atoms with Crippen LogP contribution in [-0.4, -0.2) is 27.7 Å². The molecule has 1 aromatic carbocycles. The summed E-state index contributed by atoms with van der Waals surface area (Å²) in [6.45, 7) is 0. The highest BCUT2D eigenvalue weighted by Gasteiger charge is 2.33. The molecule has 0 saturated heterocycles. The molecule has 0 aliphatic heterocycles. The van der Waals surface area contributed by atoms with Crippen LogP contribution in [0, 0.1) is 0 Å². The molecule has 3 N–H and O–H groups in total. The van der Waals surface area contributed by atoms with Crippen molar-refractivity contribution in [1.29, 1.82) is 0 Å². The first-order valence-corrected chi connectivity index (χ1v) is 4.20. The predicted octanol–water partition coefficient (Wildman–Crippen LogP) is 1.41. The number of aliphatic carboxylic acids is 1. The molecular formula is C9H7F3O5. The number of aliphatic hydroxyl groups excluding tert-OH is 1. The van der Waals surface area contributed by atoms with Gasteiger partial charge < -0.3 is 20.1 Å². The van der Waals surface area contributed by atoms with Crippen molar-refractivity contribution in [3.05, 3.63) is 23.8 Å². The summed E-state index contributed by atoms with van der Waals surface area (Å²) < 4.78 is 39.4. The van der Waals surface area contributed by atoms with Crippen LogP contribution in [0.15, 0.2) is 18.2 Å². The minimum absolute atomic E-state index is 0.491. The Morgan fingerprint density at radius 3 is 2.41 bits per heavy atom. The summed E-state index contributed by atoms with van der Waals surface area (Å²) in [5.41, 5.74) is -0.685. The van der Waals surface area contributed by atoms with Crippen LogP contribution in [0.5, 0.6) is 11.5 Å². The van der Waals surface area contributed by atoms with Crippen LogP contribution in [0.25, 0.3) is 0 Å². The fourth-order valence-electron chi connectivity index (χ4n) is 1.10. The van der Waals surface area contributed by atoms with Crippen molar-refractivity contribution >= 4 is 5.97 Å². The number of rotatable bonds is 3. The van der Waals surface area contributed by atoms with Crippen molar-refractivity contribution in [3.63, 3.8) is 0 Å². The van der Waals surface area contributed by atoms with Gasteiger partial charge in [-0.15, -0.1) is 13.2 Å². The smallest absolute Gasteiger partial charge is 0.508 e. The third kappa shape index (κ3) is 3.52. The number of benzene rings is 1. The Morgan fingerprint density at radius 1 is 1.35 bits per heavy atom. The van der Waals surface area contributed by atoms with Crippen molar-refractivity contribution in [2.24, 2.45) is 0 Å². The molecule has 1 rings (SSSR count). The van der Waals surface area contributed by atoms with Crippen LogP contribution in [0.3, 0.4) is 0 Å². The highest BCUT2D eigenvalue weighted by molar-refractivity contribution is 5.75. The Morgan fingerprint density at radius 2 is 1.94 bits per heavy atom. The third-order valence-corrected chi connectivity index (χ3v) is 1.75. The van der Waals surface area contributed by atoms with Gasteiger partial charge in [0.15, 0.2) is 6.10 Å². The minimum Gasteiger partial charge on any atom is -0.508 e. The van der Waals surface area contributed by atoms with Crippen molar-refractivity contribution in [2.45, 2.75) is 12.5 Å². The van der Waals surface area contributed by atoms with E-state index in [9.17, 15) is 18.0 Å². The molecule has 1 unspecified atom stereocenters. The van der Waals surface area contributed by atoms with E-state index in [0.717, 1.165) is 6.07 Å². The molecule has 0 amide bonds. The van der Waals surface area contributed by atoms with E-state index < -0.39 is 35.5 Å². The van der Waals surface area contributed by atoms with Gasteiger partial charge in [0.1, 0.15) is 11.5 Å². The molecule has 0 spiro atoms. The van der Waals surface area contributed by atoms with Crippen LogP contribution in [-0.2, 0) is 4.79 Å². The van der Waals surface area contributed by atoms with E-state index in [-0.39, 0.29) is 0 Å². The summed E-state index contributed by atoms with van der Waals surface area (Å²) in [6, 6.07) is 2.27. The SMILES string of the molecule is O=C(O)C(O)c1cc(O)ccc1OC(F)(F)F. The fourth-order valence-corrected chi connectivity index (χ4v) is 1.10. The van der Waals surface area contributed by atoms with Crippen LogP contribution in [0.4, 0.5) is 13.2 Å². The Balaban J connectivity index is 3.17. The molecule has 1 atom stereocenters. The van der Waals surface area contributed by atoms with Gasteiger partial charge >= 0.3 is 12.3 Å². The first kappa shape index (κ1) is 13.1. The molecule has 0 radical (unpaired) electrons. The number of ether oxygens (including phenoxy) is 1. The number of halogens is 3. The standard InChI is InChI=1S/C9H7F3O5/c10-9(11,12)17-6-2-1-4(13)3-5(6)7(14)8(15)16/h1-3,7,13-14H,(H,15,16). The number of carboxylic acid groups (broad SMARTS) is 1. The van der Waals surface area contributed by atoms with Crippen LogP contribution >= 0.6 is 0 Å². The number of carboxylic acids is 1. The number of hydrogen-bond donors (Lipinski definition) is 3. The van der Waals surface area contributed by atoms with Crippen molar-refractivity contribution < 1.29 is 38.0 Å². The predicted molar refractivity (Wildman–Crippen MR) is 47.4 cm³/mol. The van der Waals surface area contributed by atoms with Gasteiger partial charge in [-0.1, -0.05) is 0 Å². The van der Waals surface area contributed by atoms with E-state index in [1.165, 1.54) is 0 Å². The first-order valence-electron chi connectivity index (χ1n) is 4.20. The molecule has 94 valence electrons. The third-order valence-electron chi connectivity index (χ3n) is 1.75. The van der Waals surface area contributed by atoms with Crippen LogP contribution in [0.2, 0.25) is 0 Å².